The van der Waals surface area contributed by atoms with Crippen LogP contribution in [-0.4, -0.2) is 99.1 Å². The number of sulfonamides is 1. The van der Waals surface area contributed by atoms with Gasteiger partial charge in [-0.05, 0) is 68.8 Å². The lowest BCUT2D eigenvalue weighted by Gasteiger charge is -2.41. The van der Waals surface area contributed by atoms with Gasteiger partial charge in [0.15, 0.2) is 0 Å². The summed E-state index contributed by atoms with van der Waals surface area (Å²) in [7, 11) is -2.15. The van der Waals surface area contributed by atoms with E-state index in [1.807, 2.05) is 13.0 Å². The Morgan fingerprint density at radius 2 is 1.68 bits per heavy atom. The molecule has 0 saturated carbocycles. The highest BCUT2D eigenvalue weighted by Crippen LogP contribution is 2.44. The average Bonchev–Trinajstić information content (AvgIpc) is 3.33. The zero-order valence-corrected chi connectivity index (χ0v) is 25.8. The van der Waals surface area contributed by atoms with Gasteiger partial charge in [-0.2, -0.15) is 4.31 Å². The van der Waals surface area contributed by atoms with Crippen LogP contribution in [0.2, 0.25) is 0 Å². The second-order valence-corrected chi connectivity index (χ2v) is 13.1. The predicted octanol–water partition coefficient (Wildman–Crippen LogP) is 3.77. The van der Waals surface area contributed by atoms with Gasteiger partial charge in [-0.25, -0.2) is 18.2 Å². The van der Waals surface area contributed by atoms with Crippen molar-refractivity contribution in [2.75, 3.05) is 57.2 Å². The third-order valence-electron chi connectivity index (χ3n) is 8.59. The van der Waals surface area contributed by atoms with Crippen LogP contribution in [0, 0.1) is 0 Å². The van der Waals surface area contributed by atoms with Gasteiger partial charge in [0.1, 0.15) is 0 Å². The Balaban J connectivity index is 1.28. The molecule has 1 aromatic heterocycles. The van der Waals surface area contributed by atoms with Crippen molar-refractivity contribution in [3.05, 3.63) is 72.4 Å². The maximum Gasteiger partial charge on any atom is 0.410 e. The minimum atomic E-state index is -4.28. The van der Waals surface area contributed by atoms with Crippen LogP contribution < -0.4 is 9.04 Å². The first-order valence-electron chi connectivity index (χ1n) is 15.0. The summed E-state index contributed by atoms with van der Waals surface area (Å²) < 4.78 is 39.9. The van der Waals surface area contributed by atoms with Crippen LogP contribution in [0.15, 0.2) is 71.8 Å². The summed E-state index contributed by atoms with van der Waals surface area (Å²) >= 11 is 0. The van der Waals surface area contributed by atoms with E-state index in [4.69, 9.17) is 9.47 Å². The summed E-state index contributed by atoms with van der Waals surface area (Å²) in [5.74, 6) is -0.428. The molecule has 0 radical (unpaired) electrons. The monoisotopic (exact) mass is 619 g/mol. The molecule has 0 spiro atoms. The molecule has 0 aliphatic carbocycles. The maximum atomic E-state index is 13.9. The number of carbonyl (C=O) groups is 2. The van der Waals surface area contributed by atoms with E-state index in [0.29, 0.717) is 48.3 Å². The molecule has 1 unspecified atom stereocenters. The van der Waals surface area contributed by atoms with E-state index in [1.165, 1.54) is 12.1 Å². The number of pyridine rings is 1. The van der Waals surface area contributed by atoms with Crippen molar-refractivity contribution in [1.29, 1.82) is 0 Å². The van der Waals surface area contributed by atoms with E-state index in [-0.39, 0.29) is 10.6 Å². The lowest BCUT2D eigenvalue weighted by Crippen LogP contribution is -2.53. The molecule has 3 aromatic rings. The molecule has 2 fully saturated rings. The molecule has 3 aliphatic rings. The van der Waals surface area contributed by atoms with Gasteiger partial charge >= 0.3 is 6.09 Å². The Morgan fingerprint density at radius 1 is 0.955 bits per heavy atom. The molecule has 2 amide bonds. The highest BCUT2D eigenvalue weighted by molar-refractivity contribution is 7.93. The van der Waals surface area contributed by atoms with Gasteiger partial charge in [0.25, 0.3) is 15.9 Å². The lowest BCUT2D eigenvalue weighted by molar-refractivity contribution is -0.125. The number of piperidine rings is 1. The Kier molecular flexibility index (Phi) is 8.57. The predicted molar refractivity (Wildman–Crippen MR) is 165 cm³/mol. The number of piperazine rings is 1. The van der Waals surface area contributed by atoms with E-state index in [0.717, 1.165) is 43.3 Å². The first kappa shape index (κ1) is 30.0. The number of likely N-dealkylation sites (N-methyl/N-ethyl adjacent to an activating group) is 1. The number of amides is 2. The minimum Gasteiger partial charge on any atom is -0.478 e. The van der Waals surface area contributed by atoms with Crippen molar-refractivity contribution in [2.45, 2.75) is 36.8 Å². The van der Waals surface area contributed by atoms with Crippen LogP contribution in [-0.2, 0) is 19.6 Å². The number of fused-ring (bicyclic) bond motifs is 1. The number of aromatic nitrogens is 1. The van der Waals surface area contributed by atoms with Crippen molar-refractivity contribution in [3.63, 3.8) is 0 Å². The largest absolute Gasteiger partial charge is 0.478 e. The minimum absolute atomic E-state index is 0.0350. The van der Waals surface area contributed by atoms with E-state index in [1.54, 1.807) is 53.6 Å². The van der Waals surface area contributed by atoms with Crippen molar-refractivity contribution < 1.29 is 27.5 Å². The molecule has 12 heteroatoms. The molecule has 232 valence electrons. The van der Waals surface area contributed by atoms with Gasteiger partial charge < -0.3 is 19.3 Å². The second-order valence-electron chi connectivity index (χ2n) is 11.3. The SMILES string of the molecule is CCOc1ncccc1-c1ccc2c(c1)C(OC(=O)N1CCC(N3CCN(C)CC3)CC1)C(=O)N2S(=O)(=O)c1ccccc1. The number of carbonyl (C=O) groups excluding carboxylic acids is 2. The van der Waals surface area contributed by atoms with Crippen LogP contribution in [0.5, 0.6) is 5.88 Å². The van der Waals surface area contributed by atoms with E-state index < -0.39 is 28.1 Å². The van der Waals surface area contributed by atoms with Crippen molar-refractivity contribution in [2.24, 2.45) is 0 Å². The average molecular weight is 620 g/mol. The number of ether oxygens (including phenoxy) is 2. The zero-order chi connectivity index (χ0) is 30.8. The number of likely N-dealkylation sites (tertiary alicyclic amines) is 1. The second kappa shape index (κ2) is 12.5. The van der Waals surface area contributed by atoms with Crippen LogP contribution in [0.25, 0.3) is 11.1 Å². The van der Waals surface area contributed by atoms with E-state index in [9.17, 15) is 18.0 Å². The number of hydrogen-bond donors (Lipinski definition) is 0. The molecule has 6 rings (SSSR count). The fourth-order valence-corrected chi connectivity index (χ4v) is 7.64. The van der Waals surface area contributed by atoms with E-state index >= 15 is 0 Å². The number of rotatable bonds is 7. The molecule has 0 N–H and O–H groups in total. The summed E-state index contributed by atoms with van der Waals surface area (Å²) in [6, 6.07) is 16.7. The molecule has 3 aliphatic heterocycles. The van der Waals surface area contributed by atoms with Gasteiger partial charge in [0.05, 0.1) is 17.2 Å². The summed E-state index contributed by atoms with van der Waals surface area (Å²) in [6.45, 7) is 7.34. The number of benzene rings is 2. The van der Waals surface area contributed by atoms with Crippen LogP contribution in [0.3, 0.4) is 0 Å². The first-order chi connectivity index (χ1) is 21.3. The zero-order valence-electron chi connectivity index (χ0n) is 25.0. The maximum absolute atomic E-state index is 13.9. The third-order valence-corrected chi connectivity index (χ3v) is 10.3. The van der Waals surface area contributed by atoms with Crippen LogP contribution >= 0.6 is 0 Å². The lowest BCUT2D eigenvalue weighted by atomic mass is 10.0. The van der Waals surface area contributed by atoms with Crippen molar-refractivity contribution in [1.82, 2.24) is 19.7 Å². The molecule has 44 heavy (non-hydrogen) atoms. The van der Waals surface area contributed by atoms with Crippen molar-refractivity contribution in [3.8, 4) is 17.0 Å². The highest BCUT2D eigenvalue weighted by atomic mass is 32.2. The summed E-state index contributed by atoms with van der Waals surface area (Å²) in [6.07, 6.45) is 1.18. The molecular formula is C32H37N5O6S. The fraction of sp³-hybridized carbons (Fsp3) is 0.406. The molecule has 0 bridgehead atoms. The summed E-state index contributed by atoms with van der Waals surface area (Å²) in [5, 5.41) is 0. The number of hydrogen-bond acceptors (Lipinski definition) is 9. The fourth-order valence-electron chi connectivity index (χ4n) is 6.17. The summed E-state index contributed by atoms with van der Waals surface area (Å²) in [5.41, 5.74) is 1.76. The van der Waals surface area contributed by atoms with Gasteiger partial charge in [-0.15, -0.1) is 0 Å². The Morgan fingerprint density at radius 3 is 2.39 bits per heavy atom. The van der Waals surface area contributed by atoms with Gasteiger partial charge in [0.2, 0.25) is 12.0 Å². The topological polar surface area (TPSA) is 113 Å². The van der Waals surface area contributed by atoms with Crippen LogP contribution in [0.4, 0.5) is 10.5 Å². The molecular weight excluding hydrogens is 582 g/mol. The standard InChI is InChI=1S/C32H37N5O6S/c1-3-42-30-26(10-7-15-33-30)23-11-12-28-27(22-23)29(31(38)37(28)44(40,41)25-8-5-4-6-9-25)43-32(39)36-16-13-24(14-17-36)35-20-18-34(2)19-21-35/h4-12,15,22,24,29H,3,13-14,16-21H2,1-2H3. The molecule has 4 heterocycles. The van der Waals surface area contributed by atoms with Gasteiger partial charge in [-0.3, -0.25) is 9.69 Å². The quantitative estimate of drug-likeness (QED) is 0.390. The van der Waals surface area contributed by atoms with Crippen LogP contribution in [0.1, 0.15) is 31.4 Å². The Hall–Kier alpha value is -4.00. The highest BCUT2D eigenvalue weighted by Gasteiger charge is 2.47. The Bertz CT molecular complexity index is 1620. The number of anilines is 1. The van der Waals surface area contributed by atoms with Gasteiger partial charge in [-0.1, -0.05) is 24.3 Å². The number of nitrogens with zero attached hydrogens (tertiary/aromatic N) is 5. The normalized spacial score (nSPS) is 20.0. The first-order valence-corrected chi connectivity index (χ1v) is 16.5. The third kappa shape index (κ3) is 5.76. The van der Waals surface area contributed by atoms with E-state index in [2.05, 4.69) is 21.8 Å². The van der Waals surface area contributed by atoms with Crippen molar-refractivity contribution >= 4 is 27.7 Å². The smallest absolute Gasteiger partial charge is 0.410 e. The Labute approximate surface area is 258 Å². The molecule has 11 nitrogen and oxygen atoms in total. The molecule has 2 saturated heterocycles. The molecule has 1 atom stereocenters. The molecule has 2 aromatic carbocycles. The summed E-state index contributed by atoms with van der Waals surface area (Å²) in [4.78, 5) is 38.1. The van der Waals surface area contributed by atoms with Gasteiger partial charge in [0, 0.05) is 62.6 Å².